The lowest BCUT2D eigenvalue weighted by Gasteiger charge is -2.26. The number of aromatic nitrogens is 1. The largest absolute Gasteiger partial charge is 0.435 e. The van der Waals surface area contributed by atoms with Crippen LogP contribution in [0.3, 0.4) is 0 Å². The number of hydrogen-bond donors (Lipinski definition) is 0. The van der Waals surface area contributed by atoms with E-state index in [1.807, 2.05) is 30.3 Å². The van der Waals surface area contributed by atoms with E-state index in [9.17, 15) is 0 Å². The number of para-hydroxylation sites is 1. The van der Waals surface area contributed by atoms with Crippen LogP contribution in [0.2, 0.25) is 0 Å². The van der Waals surface area contributed by atoms with Crippen LogP contribution >= 0.6 is 0 Å². The van der Waals surface area contributed by atoms with Crippen LogP contribution in [0.1, 0.15) is 0 Å². The zero-order chi connectivity index (χ0) is 30.5. The molecule has 0 N–H and O–H groups in total. The van der Waals surface area contributed by atoms with Gasteiger partial charge in [-0.05, 0) is 87.3 Å². The fourth-order valence-corrected chi connectivity index (χ4v) is 6.60. The molecule has 0 aliphatic carbocycles. The van der Waals surface area contributed by atoms with Gasteiger partial charge in [-0.1, -0.05) is 115 Å². The maximum absolute atomic E-state index is 6.59. The van der Waals surface area contributed by atoms with Gasteiger partial charge in [0.2, 0.25) is 5.89 Å². The molecular formula is C43H28N2O. The fraction of sp³-hybridized carbons (Fsp3) is 0. The molecule has 9 rings (SSSR count). The molecule has 0 fully saturated rings. The van der Waals surface area contributed by atoms with Crippen LogP contribution in [-0.4, -0.2) is 4.98 Å². The van der Waals surface area contributed by atoms with Gasteiger partial charge >= 0.3 is 0 Å². The van der Waals surface area contributed by atoms with E-state index in [1.165, 1.54) is 21.9 Å². The summed E-state index contributed by atoms with van der Waals surface area (Å²) in [6, 6.07) is 59.8. The Morgan fingerprint density at radius 1 is 0.391 bits per heavy atom. The molecule has 0 aliphatic rings. The summed E-state index contributed by atoms with van der Waals surface area (Å²) >= 11 is 0. The van der Waals surface area contributed by atoms with Gasteiger partial charge in [0, 0.05) is 33.4 Å². The second-order valence-corrected chi connectivity index (χ2v) is 11.6. The topological polar surface area (TPSA) is 29.3 Å². The molecule has 0 amide bonds. The third kappa shape index (κ3) is 4.41. The van der Waals surface area contributed by atoms with Crippen molar-refractivity contribution in [3.05, 3.63) is 170 Å². The average Bonchev–Trinajstić information content (AvgIpc) is 3.59. The molecule has 8 aromatic carbocycles. The summed E-state index contributed by atoms with van der Waals surface area (Å²) in [7, 11) is 0. The summed E-state index contributed by atoms with van der Waals surface area (Å²) in [6.45, 7) is 0. The second kappa shape index (κ2) is 10.8. The highest BCUT2D eigenvalue weighted by molar-refractivity contribution is 6.23. The Morgan fingerprint density at radius 2 is 1.00 bits per heavy atom. The minimum atomic E-state index is 0.628. The summed E-state index contributed by atoms with van der Waals surface area (Å²) in [4.78, 5) is 7.33. The standard InChI is InChI=1S/C43H28N2O/c1-3-12-31(13-4-1)43-44-41-39-18-10-9-17-37(39)38-26-25-36(28-40(38)42(41)46-43)45(34-15-5-2-6-16-34)35-23-21-30(22-24-35)33-20-19-29-11-7-8-14-32(29)27-33/h1-28H. The van der Waals surface area contributed by atoms with E-state index in [0.717, 1.165) is 55.3 Å². The Labute approximate surface area is 266 Å². The lowest BCUT2D eigenvalue weighted by molar-refractivity contribution is 0.623. The van der Waals surface area contributed by atoms with Crippen molar-refractivity contribution >= 4 is 60.5 Å². The highest BCUT2D eigenvalue weighted by Crippen LogP contribution is 2.42. The summed E-state index contributed by atoms with van der Waals surface area (Å²) in [6.07, 6.45) is 0. The van der Waals surface area contributed by atoms with Crippen molar-refractivity contribution < 1.29 is 4.42 Å². The van der Waals surface area contributed by atoms with Crippen molar-refractivity contribution in [3.8, 4) is 22.6 Å². The van der Waals surface area contributed by atoms with E-state index in [0.29, 0.717) is 5.89 Å². The molecule has 3 heteroatoms. The van der Waals surface area contributed by atoms with E-state index in [2.05, 4.69) is 144 Å². The molecule has 0 spiro atoms. The molecule has 0 atom stereocenters. The zero-order valence-corrected chi connectivity index (χ0v) is 25.0. The molecule has 3 nitrogen and oxygen atoms in total. The Kier molecular flexibility index (Phi) is 6.14. The summed E-state index contributed by atoms with van der Waals surface area (Å²) < 4.78 is 6.59. The number of fused-ring (bicyclic) bond motifs is 7. The van der Waals surface area contributed by atoms with Crippen molar-refractivity contribution in [2.45, 2.75) is 0 Å². The van der Waals surface area contributed by atoms with Crippen LogP contribution in [0, 0.1) is 0 Å². The molecule has 0 bridgehead atoms. The molecule has 0 radical (unpaired) electrons. The molecule has 0 aliphatic heterocycles. The van der Waals surface area contributed by atoms with Crippen LogP contribution < -0.4 is 4.90 Å². The lowest BCUT2D eigenvalue weighted by Crippen LogP contribution is -2.09. The van der Waals surface area contributed by atoms with Crippen LogP contribution in [0.25, 0.3) is 66.0 Å². The van der Waals surface area contributed by atoms with Crippen LogP contribution in [0.4, 0.5) is 17.1 Å². The van der Waals surface area contributed by atoms with Crippen molar-refractivity contribution in [1.82, 2.24) is 4.98 Å². The number of anilines is 3. The predicted molar refractivity (Wildman–Crippen MR) is 192 cm³/mol. The van der Waals surface area contributed by atoms with Crippen LogP contribution in [0.5, 0.6) is 0 Å². The fourth-order valence-electron chi connectivity index (χ4n) is 6.60. The molecule has 216 valence electrons. The van der Waals surface area contributed by atoms with Gasteiger partial charge in [-0.25, -0.2) is 4.98 Å². The van der Waals surface area contributed by atoms with Crippen LogP contribution in [-0.2, 0) is 0 Å². The number of benzene rings is 8. The van der Waals surface area contributed by atoms with Crippen molar-refractivity contribution in [3.63, 3.8) is 0 Å². The third-order valence-corrected chi connectivity index (χ3v) is 8.85. The van der Waals surface area contributed by atoms with Gasteiger partial charge < -0.3 is 9.32 Å². The van der Waals surface area contributed by atoms with E-state index >= 15 is 0 Å². The van der Waals surface area contributed by atoms with E-state index in [-0.39, 0.29) is 0 Å². The maximum atomic E-state index is 6.59. The van der Waals surface area contributed by atoms with Gasteiger partial charge in [-0.2, -0.15) is 0 Å². The number of nitrogens with zero attached hydrogens (tertiary/aromatic N) is 2. The molecule has 0 saturated carbocycles. The minimum Gasteiger partial charge on any atom is -0.435 e. The first-order valence-electron chi connectivity index (χ1n) is 15.5. The summed E-state index contributed by atoms with van der Waals surface area (Å²) in [5.74, 6) is 0.628. The van der Waals surface area contributed by atoms with Gasteiger partial charge in [-0.15, -0.1) is 0 Å². The second-order valence-electron chi connectivity index (χ2n) is 11.6. The van der Waals surface area contributed by atoms with Crippen molar-refractivity contribution in [1.29, 1.82) is 0 Å². The van der Waals surface area contributed by atoms with Crippen molar-refractivity contribution in [2.75, 3.05) is 4.90 Å². The predicted octanol–water partition coefficient (Wildman–Crippen LogP) is 12.1. The SMILES string of the molecule is c1ccc(-c2nc3c4ccccc4c4ccc(N(c5ccccc5)c5ccc(-c6ccc7ccccc7c6)cc5)cc4c3o2)cc1. The van der Waals surface area contributed by atoms with E-state index in [4.69, 9.17) is 9.40 Å². The Hall–Kier alpha value is -6.19. The molecule has 1 heterocycles. The molecule has 1 aromatic heterocycles. The Balaban J connectivity index is 1.21. The molecular weight excluding hydrogens is 560 g/mol. The number of hydrogen-bond acceptors (Lipinski definition) is 3. The monoisotopic (exact) mass is 588 g/mol. The van der Waals surface area contributed by atoms with Gasteiger partial charge in [0.05, 0.1) is 0 Å². The molecule has 46 heavy (non-hydrogen) atoms. The van der Waals surface area contributed by atoms with Crippen LogP contribution in [0.15, 0.2) is 174 Å². The van der Waals surface area contributed by atoms with Gasteiger partial charge in [0.25, 0.3) is 0 Å². The Bertz CT molecular complexity index is 2520. The summed E-state index contributed by atoms with van der Waals surface area (Å²) in [5, 5.41) is 6.92. The maximum Gasteiger partial charge on any atom is 0.227 e. The normalized spacial score (nSPS) is 11.5. The number of rotatable bonds is 5. The van der Waals surface area contributed by atoms with Gasteiger partial charge in [0.15, 0.2) is 5.58 Å². The molecule has 0 saturated heterocycles. The summed E-state index contributed by atoms with van der Waals surface area (Å²) in [5.41, 5.74) is 8.24. The van der Waals surface area contributed by atoms with Gasteiger partial charge in [-0.3, -0.25) is 0 Å². The average molecular weight is 589 g/mol. The van der Waals surface area contributed by atoms with E-state index < -0.39 is 0 Å². The van der Waals surface area contributed by atoms with Crippen molar-refractivity contribution in [2.24, 2.45) is 0 Å². The van der Waals surface area contributed by atoms with E-state index in [1.54, 1.807) is 0 Å². The first kappa shape index (κ1) is 26.2. The quantitative estimate of drug-likeness (QED) is 0.187. The first-order valence-corrected chi connectivity index (χ1v) is 15.5. The number of oxazole rings is 1. The van der Waals surface area contributed by atoms with Gasteiger partial charge in [0.1, 0.15) is 5.52 Å². The zero-order valence-electron chi connectivity index (χ0n) is 25.0. The Morgan fingerprint density at radius 3 is 1.80 bits per heavy atom. The highest BCUT2D eigenvalue weighted by atomic mass is 16.3. The third-order valence-electron chi connectivity index (χ3n) is 8.85. The first-order chi connectivity index (χ1) is 22.8. The lowest BCUT2D eigenvalue weighted by atomic mass is 9.99. The molecule has 9 aromatic rings. The smallest absolute Gasteiger partial charge is 0.227 e. The highest BCUT2D eigenvalue weighted by Gasteiger charge is 2.19. The minimum absolute atomic E-state index is 0.628. The molecule has 0 unspecified atom stereocenters.